The van der Waals surface area contributed by atoms with E-state index >= 15 is 0 Å². The normalized spacial score (nSPS) is 33.0. The van der Waals surface area contributed by atoms with Gasteiger partial charge >= 0.3 is 0 Å². The predicted molar refractivity (Wildman–Crippen MR) is 100 cm³/mol. The molecule has 1 aromatic heterocycles. The van der Waals surface area contributed by atoms with Crippen molar-refractivity contribution in [2.24, 2.45) is 11.8 Å². The van der Waals surface area contributed by atoms with E-state index < -0.39 is 0 Å². The van der Waals surface area contributed by atoms with E-state index in [2.05, 4.69) is 20.8 Å². The van der Waals surface area contributed by atoms with Crippen molar-refractivity contribution in [3.8, 4) is 0 Å². The number of amides is 2. The summed E-state index contributed by atoms with van der Waals surface area (Å²) in [6.45, 7) is 1.99. The van der Waals surface area contributed by atoms with Crippen LogP contribution in [0, 0.1) is 11.8 Å². The van der Waals surface area contributed by atoms with Gasteiger partial charge in [-0.05, 0) is 44.6 Å². The third-order valence-electron chi connectivity index (χ3n) is 7.12. The lowest BCUT2D eigenvalue weighted by atomic mass is 9.72. The van der Waals surface area contributed by atoms with Gasteiger partial charge in [0.2, 0.25) is 17.7 Å². The van der Waals surface area contributed by atoms with Gasteiger partial charge in [-0.25, -0.2) is 0 Å². The van der Waals surface area contributed by atoms with E-state index in [1.807, 2.05) is 4.90 Å². The molecule has 2 bridgehead atoms. The number of rotatable bonds is 4. The molecule has 2 N–H and O–H groups in total. The first-order valence-electron chi connectivity index (χ1n) is 10.8. The van der Waals surface area contributed by atoms with Gasteiger partial charge < -0.3 is 20.1 Å². The highest BCUT2D eigenvalue weighted by Gasteiger charge is 2.50. The Kier molecular flexibility index (Phi) is 4.82. The van der Waals surface area contributed by atoms with Crippen molar-refractivity contribution in [3.05, 3.63) is 11.7 Å². The minimum atomic E-state index is -0.386. The zero-order valence-corrected chi connectivity index (χ0v) is 16.2. The predicted octanol–water partition coefficient (Wildman–Crippen LogP) is 1.33. The average molecular weight is 387 g/mol. The van der Waals surface area contributed by atoms with Gasteiger partial charge in [0.15, 0.2) is 5.82 Å². The average Bonchev–Trinajstić information content (AvgIpc) is 3.39. The lowest BCUT2D eigenvalue weighted by Gasteiger charge is -2.53. The molecule has 4 aliphatic rings. The van der Waals surface area contributed by atoms with E-state index in [0.717, 1.165) is 45.2 Å². The summed E-state index contributed by atoms with van der Waals surface area (Å²) in [5, 5.41) is 10.5. The summed E-state index contributed by atoms with van der Waals surface area (Å²) < 4.78 is 5.41. The molecule has 8 heteroatoms. The van der Waals surface area contributed by atoms with Crippen LogP contribution in [-0.4, -0.2) is 52.0 Å². The quantitative estimate of drug-likeness (QED) is 0.808. The topological polar surface area (TPSA) is 100 Å². The Morgan fingerprint density at radius 2 is 2.00 bits per heavy atom. The van der Waals surface area contributed by atoms with Crippen molar-refractivity contribution in [3.63, 3.8) is 0 Å². The zero-order valence-electron chi connectivity index (χ0n) is 16.2. The van der Waals surface area contributed by atoms with Crippen LogP contribution >= 0.6 is 0 Å². The number of aromatic nitrogens is 2. The summed E-state index contributed by atoms with van der Waals surface area (Å²) in [6, 6.07) is -0.191. The van der Waals surface area contributed by atoms with Crippen LogP contribution in [0.25, 0.3) is 0 Å². The van der Waals surface area contributed by atoms with Crippen LogP contribution in [0.3, 0.4) is 0 Å². The number of fused-ring (bicyclic) bond motifs is 4. The van der Waals surface area contributed by atoms with E-state index in [4.69, 9.17) is 4.52 Å². The van der Waals surface area contributed by atoms with Crippen LogP contribution in [0.5, 0.6) is 0 Å². The first kappa shape index (κ1) is 18.1. The summed E-state index contributed by atoms with van der Waals surface area (Å²) in [7, 11) is 0. The number of hydrogen-bond donors (Lipinski definition) is 2. The van der Waals surface area contributed by atoms with Gasteiger partial charge in [0.25, 0.3) is 0 Å². The first-order chi connectivity index (χ1) is 13.7. The van der Waals surface area contributed by atoms with Gasteiger partial charge in [0.05, 0.1) is 6.54 Å². The second kappa shape index (κ2) is 7.46. The van der Waals surface area contributed by atoms with Crippen molar-refractivity contribution in [1.29, 1.82) is 0 Å². The van der Waals surface area contributed by atoms with E-state index in [-0.39, 0.29) is 36.4 Å². The Bertz CT molecular complexity index is 744. The molecule has 28 heavy (non-hydrogen) atoms. The van der Waals surface area contributed by atoms with E-state index in [0.29, 0.717) is 30.0 Å². The summed E-state index contributed by atoms with van der Waals surface area (Å²) in [6.07, 6.45) is 8.14. The minimum Gasteiger partial charge on any atom is -0.347 e. The highest BCUT2D eigenvalue weighted by molar-refractivity contribution is 5.89. The molecule has 3 aliphatic heterocycles. The first-order valence-corrected chi connectivity index (χ1v) is 10.8. The molecule has 4 fully saturated rings. The van der Waals surface area contributed by atoms with Crippen molar-refractivity contribution in [2.45, 2.75) is 75.9 Å². The van der Waals surface area contributed by atoms with Crippen LogP contribution in [0.1, 0.15) is 69.0 Å². The molecule has 0 spiro atoms. The summed E-state index contributed by atoms with van der Waals surface area (Å²) >= 11 is 0. The largest absolute Gasteiger partial charge is 0.347 e. The monoisotopic (exact) mass is 387 g/mol. The molecule has 2 amide bonds. The SMILES string of the molecule is O=C(NCc1noc(C2CCCC2)n1)[C@H]1[C@@H]2CNC[C@@H](C2)[C@@H]2CCCC(=O)N21. The van der Waals surface area contributed by atoms with Crippen LogP contribution in [0.4, 0.5) is 0 Å². The van der Waals surface area contributed by atoms with Gasteiger partial charge in [-0.1, -0.05) is 18.0 Å². The van der Waals surface area contributed by atoms with Gasteiger partial charge in [0.1, 0.15) is 6.04 Å². The van der Waals surface area contributed by atoms with Crippen molar-refractivity contribution in [1.82, 2.24) is 25.7 Å². The molecular formula is C20H29N5O3. The fourth-order valence-electron chi connectivity index (χ4n) is 5.80. The Morgan fingerprint density at radius 3 is 2.86 bits per heavy atom. The number of carbonyl (C=O) groups excluding carboxylic acids is 2. The number of nitrogens with one attached hydrogen (secondary N) is 2. The summed E-state index contributed by atoms with van der Waals surface area (Å²) in [5.41, 5.74) is 0. The maximum atomic E-state index is 13.1. The number of nitrogens with zero attached hydrogens (tertiary/aromatic N) is 3. The smallest absolute Gasteiger partial charge is 0.243 e. The third-order valence-corrected chi connectivity index (χ3v) is 7.12. The summed E-state index contributed by atoms with van der Waals surface area (Å²) in [5.74, 6) is 2.29. The number of hydrogen-bond acceptors (Lipinski definition) is 6. The minimum absolute atomic E-state index is 0.0837. The van der Waals surface area contributed by atoms with E-state index in [1.165, 1.54) is 12.8 Å². The van der Waals surface area contributed by atoms with Crippen molar-refractivity contribution in [2.75, 3.05) is 13.1 Å². The van der Waals surface area contributed by atoms with Gasteiger partial charge in [-0.15, -0.1) is 0 Å². The standard InChI is InChI=1S/C20H29N5O3/c26-17-7-3-6-15-13-8-14(10-21-9-13)18(25(15)17)19(27)22-11-16-23-20(28-24-16)12-4-1-2-5-12/h12-15,18,21H,1-11H2,(H,22,27)/t13-,14+,15+,18-/m1/s1. The van der Waals surface area contributed by atoms with E-state index in [1.54, 1.807) is 0 Å². The van der Waals surface area contributed by atoms with Crippen molar-refractivity contribution < 1.29 is 14.1 Å². The Morgan fingerprint density at radius 1 is 1.18 bits per heavy atom. The van der Waals surface area contributed by atoms with Crippen LogP contribution in [0.2, 0.25) is 0 Å². The van der Waals surface area contributed by atoms with Gasteiger partial charge in [-0.3, -0.25) is 9.59 Å². The molecule has 152 valence electrons. The molecule has 4 heterocycles. The maximum absolute atomic E-state index is 13.1. The van der Waals surface area contributed by atoms with Gasteiger partial charge in [0, 0.05) is 30.8 Å². The highest BCUT2D eigenvalue weighted by atomic mass is 16.5. The molecular weight excluding hydrogens is 358 g/mol. The molecule has 0 radical (unpaired) electrons. The van der Waals surface area contributed by atoms with Crippen LogP contribution in [0.15, 0.2) is 4.52 Å². The fraction of sp³-hybridized carbons (Fsp3) is 0.800. The molecule has 1 aromatic rings. The maximum Gasteiger partial charge on any atom is 0.243 e. The van der Waals surface area contributed by atoms with Crippen LogP contribution < -0.4 is 10.6 Å². The second-order valence-electron chi connectivity index (χ2n) is 8.87. The molecule has 0 unspecified atom stereocenters. The summed E-state index contributed by atoms with van der Waals surface area (Å²) in [4.78, 5) is 32.2. The fourth-order valence-corrected chi connectivity index (χ4v) is 5.80. The number of piperidine rings is 3. The molecule has 8 nitrogen and oxygen atoms in total. The zero-order chi connectivity index (χ0) is 19.1. The number of carbonyl (C=O) groups is 2. The Balaban J connectivity index is 1.27. The molecule has 0 aromatic carbocycles. The Labute approximate surface area is 164 Å². The molecule has 5 rings (SSSR count). The van der Waals surface area contributed by atoms with E-state index in [9.17, 15) is 9.59 Å². The third kappa shape index (κ3) is 3.21. The highest BCUT2D eigenvalue weighted by Crippen LogP contribution is 2.39. The van der Waals surface area contributed by atoms with Crippen molar-refractivity contribution >= 4 is 11.8 Å². The lowest BCUT2D eigenvalue weighted by molar-refractivity contribution is -0.157. The molecule has 1 saturated carbocycles. The lowest BCUT2D eigenvalue weighted by Crippen LogP contribution is -2.67. The van der Waals surface area contributed by atoms with Crippen LogP contribution in [-0.2, 0) is 16.1 Å². The Hall–Kier alpha value is -1.96. The van der Waals surface area contributed by atoms with Gasteiger partial charge in [-0.2, -0.15) is 4.98 Å². The molecule has 1 aliphatic carbocycles. The molecule has 3 saturated heterocycles. The molecule has 4 atom stereocenters. The second-order valence-corrected chi connectivity index (χ2v) is 8.87.